The summed E-state index contributed by atoms with van der Waals surface area (Å²) >= 11 is 11.2. The number of hydrogen-bond acceptors (Lipinski definition) is 3. The smallest absolute Gasteiger partial charge is 0.336 e. The molecule has 2 aromatic rings. The first-order valence-corrected chi connectivity index (χ1v) is 5.86. The van der Waals surface area contributed by atoms with Crippen molar-refractivity contribution in [2.45, 2.75) is 6.18 Å². The molecule has 0 spiro atoms. The second-order valence-electron chi connectivity index (χ2n) is 3.63. The number of nitrogens with one attached hydrogen (secondary N) is 1. The first kappa shape index (κ1) is 14.8. The molecule has 1 N–H and O–H groups in total. The topological polar surface area (TPSA) is 37.8 Å². The third-order valence-corrected chi connectivity index (χ3v) is 2.69. The third kappa shape index (κ3) is 3.29. The van der Waals surface area contributed by atoms with Crippen LogP contribution < -0.4 is 5.32 Å². The van der Waals surface area contributed by atoms with E-state index in [-0.39, 0.29) is 16.5 Å². The number of halogens is 6. The normalized spacial score (nSPS) is 11.5. The van der Waals surface area contributed by atoms with Gasteiger partial charge in [0, 0.05) is 6.07 Å². The number of anilines is 2. The van der Waals surface area contributed by atoms with E-state index in [4.69, 9.17) is 23.2 Å². The molecule has 0 aliphatic heterocycles. The summed E-state index contributed by atoms with van der Waals surface area (Å²) in [5.41, 5.74) is -1.44. The van der Waals surface area contributed by atoms with E-state index in [1.807, 2.05) is 0 Å². The van der Waals surface area contributed by atoms with Gasteiger partial charge in [-0.15, -0.1) is 0 Å². The Hall–Kier alpha value is -1.60. The predicted molar refractivity (Wildman–Crippen MR) is 66.7 cm³/mol. The first-order valence-electron chi connectivity index (χ1n) is 5.10. The van der Waals surface area contributed by atoms with Gasteiger partial charge in [0.25, 0.3) is 0 Å². The number of para-hydroxylation sites is 1. The summed E-state index contributed by atoms with van der Waals surface area (Å²) < 4.78 is 51.2. The van der Waals surface area contributed by atoms with Crippen molar-refractivity contribution in [3.63, 3.8) is 0 Å². The maximum absolute atomic E-state index is 13.5. The molecule has 9 heteroatoms. The van der Waals surface area contributed by atoms with Gasteiger partial charge in [-0.05, 0) is 23.7 Å². The van der Waals surface area contributed by atoms with Crippen LogP contribution in [0.3, 0.4) is 0 Å². The van der Waals surface area contributed by atoms with Crippen molar-refractivity contribution in [2.24, 2.45) is 0 Å². The van der Waals surface area contributed by atoms with Crippen LogP contribution in [-0.2, 0) is 6.18 Å². The van der Waals surface area contributed by atoms with Crippen LogP contribution in [0.1, 0.15) is 5.69 Å². The fourth-order valence-electron chi connectivity index (χ4n) is 1.37. The molecule has 0 bridgehead atoms. The lowest BCUT2D eigenvalue weighted by atomic mass is 10.3. The van der Waals surface area contributed by atoms with Crippen LogP contribution in [0.5, 0.6) is 0 Å². The summed E-state index contributed by atoms with van der Waals surface area (Å²) in [5, 5.41) is 1.73. The van der Waals surface area contributed by atoms with Gasteiger partial charge < -0.3 is 5.32 Å². The molecule has 1 aromatic heterocycles. The van der Waals surface area contributed by atoms with E-state index in [1.54, 1.807) is 0 Å². The Bertz CT molecular complexity index is 626. The standard InChI is InChI=1S/C11H5Cl2F4N3/c12-5-2-1-3-6(14)9(5)19-8-4-7(11(15,16)17)18-10(13)20-8/h1-4H,(H,18,19,20). The second kappa shape index (κ2) is 5.41. The van der Waals surface area contributed by atoms with Gasteiger partial charge in [0.2, 0.25) is 5.28 Å². The Balaban J connectivity index is 2.42. The van der Waals surface area contributed by atoms with Crippen LogP contribution in [-0.4, -0.2) is 9.97 Å². The fraction of sp³-hybridized carbons (Fsp3) is 0.0909. The molecular weight excluding hydrogens is 321 g/mol. The van der Waals surface area contributed by atoms with Crippen molar-refractivity contribution >= 4 is 34.7 Å². The molecule has 0 amide bonds. The predicted octanol–water partition coefficient (Wildman–Crippen LogP) is 4.68. The molecule has 0 fully saturated rings. The van der Waals surface area contributed by atoms with Gasteiger partial charge in [-0.1, -0.05) is 17.7 Å². The highest BCUT2D eigenvalue weighted by atomic mass is 35.5. The molecule has 0 saturated heterocycles. The summed E-state index contributed by atoms with van der Waals surface area (Å²) in [6.07, 6.45) is -4.69. The number of nitrogens with zero attached hydrogens (tertiary/aromatic N) is 2. The first-order chi connectivity index (χ1) is 9.27. The molecule has 0 atom stereocenters. The van der Waals surface area contributed by atoms with Gasteiger partial charge in [0.1, 0.15) is 11.6 Å². The summed E-state index contributed by atoms with van der Waals surface area (Å²) in [4.78, 5) is 6.60. The molecule has 0 aliphatic carbocycles. The van der Waals surface area contributed by atoms with E-state index in [2.05, 4.69) is 15.3 Å². The Labute approximate surface area is 120 Å². The molecule has 2 rings (SSSR count). The minimum absolute atomic E-state index is 0.00621. The minimum Gasteiger partial charge on any atom is -0.336 e. The van der Waals surface area contributed by atoms with E-state index in [9.17, 15) is 17.6 Å². The van der Waals surface area contributed by atoms with Crippen LogP contribution in [0, 0.1) is 5.82 Å². The van der Waals surface area contributed by atoms with Crippen molar-refractivity contribution in [3.8, 4) is 0 Å². The number of aromatic nitrogens is 2. The van der Waals surface area contributed by atoms with Crippen LogP contribution in [0.25, 0.3) is 0 Å². The number of hydrogen-bond donors (Lipinski definition) is 1. The molecule has 1 aromatic carbocycles. The lowest BCUT2D eigenvalue weighted by Gasteiger charge is -2.11. The Morgan fingerprint density at radius 3 is 2.40 bits per heavy atom. The average molecular weight is 326 g/mol. The van der Waals surface area contributed by atoms with Crippen LogP contribution in [0.4, 0.5) is 29.1 Å². The summed E-state index contributed by atoms with van der Waals surface area (Å²) in [7, 11) is 0. The molecular formula is C11H5Cl2F4N3. The van der Waals surface area contributed by atoms with Gasteiger partial charge in [-0.3, -0.25) is 0 Å². The highest BCUT2D eigenvalue weighted by Crippen LogP contribution is 2.32. The summed E-state index contributed by atoms with van der Waals surface area (Å²) in [5.74, 6) is -1.05. The highest BCUT2D eigenvalue weighted by molar-refractivity contribution is 6.33. The zero-order valence-electron chi connectivity index (χ0n) is 9.47. The Morgan fingerprint density at radius 2 is 1.80 bits per heavy atom. The van der Waals surface area contributed by atoms with Gasteiger partial charge in [-0.2, -0.15) is 13.2 Å². The monoisotopic (exact) mass is 325 g/mol. The zero-order chi connectivity index (χ0) is 14.9. The van der Waals surface area contributed by atoms with E-state index in [0.29, 0.717) is 6.07 Å². The van der Waals surface area contributed by atoms with Crippen LogP contribution >= 0.6 is 23.2 Å². The average Bonchev–Trinajstić information content (AvgIpc) is 2.32. The summed E-state index contributed by atoms with van der Waals surface area (Å²) in [6, 6.07) is 4.44. The minimum atomic E-state index is -4.69. The van der Waals surface area contributed by atoms with E-state index in [0.717, 1.165) is 6.07 Å². The van der Waals surface area contributed by atoms with Gasteiger partial charge in [0.05, 0.1) is 10.7 Å². The Morgan fingerprint density at radius 1 is 1.10 bits per heavy atom. The Kier molecular flexibility index (Phi) is 4.01. The fourth-order valence-corrected chi connectivity index (χ4v) is 1.76. The molecule has 0 aliphatic rings. The number of alkyl halides is 3. The van der Waals surface area contributed by atoms with Gasteiger partial charge in [-0.25, -0.2) is 14.4 Å². The molecule has 0 unspecified atom stereocenters. The van der Waals surface area contributed by atoms with Gasteiger partial charge >= 0.3 is 6.18 Å². The number of rotatable bonds is 2. The maximum atomic E-state index is 13.5. The molecule has 20 heavy (non-hydrogen) atoms. The largest absolute Gasteiger partial charge is 0.433 e. The molecule has 1 heterocycles. The maximum Gasteiger partial charge on any atom is 0.433 e. The van der Waals surface area contributed by atoms with Crippen LogP contribution in [0.15, 0.2) is 24.3 Å². The van der Waals surface area contributed by atoms with Crippen molar-refractivity contribution in [1.82, 2.24) is 9.97 Å². The lowest BCUT2D eigenvalue weighted by molar-refractivity contribution is -0.141. The highest BCUT2D eigenvalue weighted by Gasteiger charge is 2.33. The quantitative estimate of drug-likeness (QED) is 0.643. The van der Waals surface area contributed by atoms with Crippen molar-refractivity contribution < 1.29 is 17.6 Å². The molecule has 3 nitrogen and oxygen atoms in total. The lowest BCUT2D eigenvalue weighted by Crippen LogP contribution is -2.10. The zero-order valence-corrected chi connectivity index (χ0v) is 11.0. The van der Waals surface area contributed by atoms with Crippen molar-refractivity contribution in [2.75, 3.05) is 5.32 Å². The second-order valence-corrected chi connectivity index (χ2v) is 4.37. The SMILES string of the molecule is Fc1cccc(Cl)c1Nc1cc(C(F)(F)F)nc(Cl)n1. The molecule has 0 radical (unpaired) electrons. The third-order valence-electron chi connectivity index (χ3n) is 2.21. The summed E-state index contributed by atoms with van der Waals surface area (Å²) in [6.45, 7) is 0. The van der Waals surface area contributed by atoms with Crippen LogP contribution in [0.2, 0.25) is 10.3 Å². The van der Waals surface area contributed by atoms with E-state index in [1.165, 1.54) is 12.1 Å². The van der Waals surface area contributed by atoms with E-state index >= 15 is 0 Å². The number of benzene rings is 1. The van der Waals surface area contributed by atoms with Crippen molar-refractivity contribution in [1.29, 1.82) is 0 Å². The van der Waals surface area contributed by atoms with Gasteiger partial charge in [0.15, 0.2) is 5.69 Å². The van der Waals surface area contributed by atoms with E-state index < -0.39 is 23.0 Å². The molecule has 106 valence electrons. The molecule has 0 saturated carbocycles. The van der Waals surface area contributed by atoms with Crippen molar-refractivity contribution in [3.05, 3.63) is 46.1 Å².